The molecule has 1 unspecified atom stereocenters. The SMILES string of the molecule is CCOC(=O)C1Cc2ccccc2N1. The number of para-hydroxylation sites is 1. The third kappa shape index (κ3) is 1.58. The maximum absolute atomic E-state index is 11.4. The van der Waals surface area contributed by atoms with Crippen molar-refractivity contribution in [2.45, 2.75) is 19.4 Å². The van der Waals surface area contributed by atoms with E-state index in [4.69, 9.17) is 4.74 Å². The van der Waals surface area contributed by atoms with Gasteiger partial charge >= 0.3 is 5.97 Å². The van der Waals surface area contributed by atoms with Crippen molar-refractivity contribution in [1.29, 1.82) is 0 Å². The van der Waals surface area contributed by atoms with Crippen molar-refractivity contribution in [3.63, 3.8) is 0 Å². The van der Waals surface area contributed by atoms with Crippen LogP contribution in [0.1, 0.15) is 12.5 Å². The molecule has 0 radical (unpaired) electrons. The third-order valence-electron chi connectivity index (χ3n) is 2.34. The Hall–Kier alpha value is -1.51. The Morgan fingerprint density at radius 3 is 3.07 bits per heavy atom. The number of anilines is 1. The molecule has 74 valence electrons. The van der Waals surface area contributed by atoms with E-state index in [1.54, 1.807) is 0 Å². The first-order valence-electron chi connectivity index (χ1n) is 4.82. The van der Waals surface area contributed by atoms with E-state index in [1.807, 2.05) is 31.2 Å². The minimum Gasteiger partial charge on any atom is -0.464 e. The number of nitrogens with one attached hydrogen (secondary N) is 1. The van der Waals surface area contributed by atoms with Gasteiger partial charge in [0, 0.05) is 12.1 Å². The van der Waals surface area contributed by atoms with E-state index < -0.39 is 0 Å². The van der Waals surface area contributed by atoms with Crippen molar-refractivity contribution in [2.24, 2.45) is 0 Å². The summed E-state index contributed by atoms with van der Waals surface area (Å²) in [5, 5.41) is 3.14. The first kappa shape index (κ1) is 9.06. The van der Waals surface area contributed by atoms with Crippen LogP contribution in [0.25, 0.3) is 0 Å². The van der Waals surface area contributed by atoms with Gasteiger partial charge in [-0.3, -0.25) is 0 Å². The summed E-state index contributed by atoms with van der Waals surface area (Å²) in [6.45, 7) is 2.26. The molecule has 0 bridgehead atoms. The molecule has 3 heteroatoms. The first-order chi connectivity index (χ1) is 6.81. The molecular weight excluding hydrogens is 178 g/mol. The lowest BCUT2D eigenvalue weighted by Crippen LogP contribution is -2.28. The highest BCUT2D eigenvalue weighted by Crippen LogP contribution is 2.25. The van der Waals surface area contributed by atoms with Crippen molar-refractivity contribution in [1.82, 2.24) is 0 Å². The molecule has 1 aromatic carbocycles. The van der Waals surface area contributed by atoms with Crippen LogP contribution in [0.2, 0.25) is 0 Å². The lowest BCUT2D eigenvalue weighted by atomic mass is 10.1. The zero-order valence-corrected chi connectivity index (χ0v) is 8.12. The molecule has 1 atom stereocenters. The lowest BCUT2D eigenvalue weighted by molar-refractivity contribution is -0.143. The van der Waals surface area contributed by atoms with Gasteiger partial charge in [0.2, 0.25) is 0 Å². The van der Waals surface area contributed by atoms with Crippen LogP contribution >= 0.6 is 0 Å². The quantitative estimate of drug-likeness (QED) is 0.721. The van der Waals surface area contributed by atoms with Gasteiger partial charge in [-0.05, 0) is 18.6 Å². The number of carbonyl (C=O) groups is 1. The van der Waals surface area contributed by atoms with Gasteiger partial charge in [0.1, 0.15) is 6.04 Å². The van der Waals surface area contributed by atoms with E-state index in [9.17, 15) is 4.79 Å². The summed E-state index contributed by atoms with van der Waals surface area (Å²) in [5.74, 6) is -0.163. The molecule has 1 aliphatic heterocycles. The van der Waals surface area contributed by atoms with Gasteiger partial charge in [0.15, 0.2) is 0 Å². The number of esters is 1. The van der Waals surface area contributed by atoms with Crippen LogP contribution in [0.15, 0.2) is 24.3 Å². The van der Waals surface area contributed by atoms with E-state index in [1.165, 1.54) is 5.56 Å². The molecule has 0 aliphatic carbocycles. The molecular formula is C11H13NO2. The molecule has 0 fully saturated rings. The number of carbonyl (C=O) groups excluding carboxylic acids is 1. The number of benzene rings is 1. The predicted molar refractivity (Wildman–Crippen MR) is 54.2 cm³/mol. The van der Waals surface area contributed by atoms with Crippen molar-refractivity contribution in [3.8, 4) is 0 Å². The van der Waals surface area contributed by atoms with Crippen LogP contribution in [0, 0.1) is 0 Å². The largest absolute Gasteiger partial charge is 0.464 e. The molecule has 0 saturated heterocycles. The van der Waals surface area contributed by atoms with Crippen LogP contribution in [0.5, 0.6) is 0 Å². The maximum Gasteiger partial charge on any atom is 0.328 e. The van der Waals surface area contributed by atoms with Crippen molar-refractivity contribution >= 4 is 11.7 Å². The number of ether oxygens (including phenoxy) is 1. The van der Waals surface area contributed by atoms with Crippen molar-refractivity contribution in [3.05, 3.63) is 29.8 Å². The van der Waals surface area contributed by atoms with Crippen molar-refractivity contribution in [2.75, 3.05) is 11.9 Å². The molecule has 1 heterocycles. The summed E-state index contributed by atoms with van der Waals surface area (Å²) in [7, 11) is 0. The Bertz CT molecular complexity index is 324. The second-order valence-electron chi connectivity index (χ2n) is 3.31. The molecule has 0 amide bonds. The topological polar surface area (TPSA) is 38.3 Å². The molecule has 1 aromatic rings. The fourth-order valence-electron chi connectivity index (χ4n) is 1.68. The van der Waals surface area contributed by atoms with E-state index in [0.717, 1.165) is 12.1 Å². The fourth-order valence-corrected chi connectivity index (χ4v) is 1.68. The van der Waals surface area contributed by atoms with Crippen LogP contribution in [-0.4, -0.2) is 18.6 Å². The van der Waals surface area contributed by atoms with Gasteiger partial charge in [0.05, 0.1) is 6.61 Å². The minimum atomic E-state index is -0.202. The van der Waals surface area contributed by atoms with Crippen molar-refractivity contribution < 1.29 is 9.53 Å². The van der Waals surface area contributed by atoms with Gasteiger partial charge in [-0.25, -0.2) is 4.79 Å². The summed E-state index contributed by atoms with van der Waals surface area (Å²) in [4.78, 5) is 11.4. The van der Waals surface area contributed by atoms with Crippen LogP contribution in [0.4, 0.5) is 5.69 Å². The highest BCUT2D eigenvalue weighted by molar-refractivity contribution is 5.82. The minimum absolute atomic E-state index is 0.163. The summed E-state index contributed by atoms with van der Waals surface area (Å²) in [6.07, 6.45) is 0.731. The Morgan fingerprint density at radius 1 is 1.57 bits per heavy atom. The molecule has 0 spiro atoms. The second kappa shape index (κ2) is 3.70. The highest BCUT2D eigenvalue weighted by atomic mass is 16.5. The normalized spacial score (nSPS) is 18.5. The van der Waals surface area contributed by atoms with E-state index in [0.29, 0.717) is 6.61 Å². The molecule has 0 aromatic heterocycles. The average molecular weight is 191 g/mol. The smallest absolute Gasteiger partial charge is 0.328 e. The number of hydrogen-bond donors (Lipinski definition) is 1. The number of rotatable bonds is 2. The predicted octanol–water partition coefficient (Wildman–Crippen LogP) is 1.59. The van der Waals surface area contributed by atoms with Crippen LogP contribution in [0.3, 0.4) is 0 Å². The number of hydrogen-bond acceptors (Lipinski definition) is 3. The Balaban J connectivity index is 2.08. The maximum atomic E-state index is 11.4. The molecule has 1 N–H and O–H groups in total. The molecule has 2 rings (SSSR count). The second-order valence-corrected chi connectivity index (χ2v) is 3.31. The summed E-state index contributed by atoms with van der Waals surface area (Å²) in [5.41, 5.74) is 2.23. The highest BCUT2D eigenvalue weighted by Gasteiger charge is 2.26. The summed E-state index contributed by atoms with van der Waals surface area (Å²) >= 11 is 0. The third-order valence-corrected chi connectivity index (χ3v) is 2.34. The Morgan fingerprint density at radius 2 is 2.36 bits per heavy atom. The van der Waals surface area contributed by atoms with Gasteiger partial charge < -0.3 is 10.1 Å². The van der Waals surface area contributed by atoms with Gasteiger partial charge in [-0.15, -0.1) is 0 Å². The zero-order valence-electron chi connectivity index (χ0n) is 8.12. The van der Waals surface area contributed by atoms with Crippen LogP contribution < -0.4 is 5.32 Å². The monoisotopic (exact) mass is 191 g/mol. The Labute approximate surface area is 83.1 Å². The zero-order chi connectivity index (χ0) is 9.97. The molecule has 0 saturated carbocycles. The standard InChI is InChI=1S/C11H13NO2/c1-2-14-11(13)10-7-8-5-3-4-6-9(8)12-10/h3-6,10,12H,2,7H2,1H3. The molecule has 1 aliphatic rings. The van der Waals surface area contributed by atoms with Gasteiger partial charge in [-0.2, -0.15) is 0 Å². The lowest BCUT2D eigenvalue weighted by Gasteiger charge is -2.09. The van der Waals surface area contributed by atoms with E-state index in [2.05, 4.69) is 5.32 Å². The summed E-state index contributed by atoms with van der Waals surface area (Å²) < 4.78 is 4.96. The van der Waals surface area contributed by atoms with Gasteiger partial charge in [-0.1, -0.05) is 18.2 Å². The van der Waals surface area contributed by atoms with Gasteiger partial charge in [0.25, 0.3) is 0 Å². The number of fused-ring (bicyclic) bond motifs is 1. The molecule has 3 nitrogen and oxygen atoms in total. The Kier molecular flexibility index (Phi) is 2.39. The van der Waals surface area contributed by atoms with E-state index >= 15 is 0 Å². The van der Waals surface area contributed by atoms with Crippen LogP contribution in [-0.2, 0) is 16.0 Å². The first-order valence-corrected chi connectivity index (χ1v) is 4.82. The average Bonchev–Trinajstić information content (AvgIpc) is 2.61. The molecule has 14 heavy (non-hydrogen) atoms. The summed E-state index contributed by atoms with van der Waals surface area (Å²) in [6, 6.07) is 7.75. The van der Waals surface area contributed by atoms with E-state index in [-0.39, 0.29) is 12.0 Å². The fraction of sp³-hybridized carbons (Fsp3) is 0.364.